The number of fused-ring (bicyclic) bond motifs is 2. The Hall–Kier alpha value is -4.90. The first-order chi connectivity index (χ1) is 21.6. The van der Waals surface area contributed by atoms with E-state index in [4.69, 9.17) is 10.1 Å². The largest absolute Gasteiger partial charge is 0.330 e. The SMILES string of the molecule is C[C@@H]1c2ccccc2CCN1C(=O)c1cc(-c2ccccc2)n2nc(-c3ccc([C@H]4C[C@@H]4C(=O)NS(C)(=O)=O)cc3F)cc2n1. The van der Waals surface area contributed by atoms with E-state index in [1.54, 1.807) is 28.8 Å². The Morgan fingerprint density at radius 3 is 2.49 bits per heavy atom. The Labute approximate surface area is 259 Å². The lowest BCUT2D eigenvalue weighted by atomic mass is 9.93. The lowest BCUT2D eigenvalue weighted by molar-refractivity contribution is -0.120. The third-order valence-corrected chi connectivity index (χ3v) is 9.25. The molecule has 1 saturated carbocycles. The summed E-state index contributed by atoms with van der Waals surface area (Å²) in [6.07, 6.45) is 2.13. The lowest BCUT2D eigenvalue weighted by Gasteiger charge is -2.35. The fourth-order valence-electron chi connectivity index (χ4n) is 6.31. The highest BCUT2D eigenvalue weighted by Gasteiger charge is 2.45. The number of sulfonamides is 1. The van der Waals surface area contributed by atoms with Gasteiger partial charge in [-0.15, -0.1) is 0 Å². The van der Waals surface area contributed by atoms with Gasteiger partial charge >= 0.3 is 0 Å². The van der Waals surface area contributed by atoms with Crippen molar-refractivity contribution in [3.05, 3.63) is 113 Å². The Bertz CT molecular complexity index is 2100. The summed E-state index contributed by atoms with van der Waals surface area (Å²) in [5, 5.41) is 4.71. The minimum Gasteiger partial charge on any atom is -0.330 e. The number of halogens is 1. The highest BCUT2D eigenvalue weighted by Crippen LogP contribution is 2.48. The number of hydrogen-bond donors (Lipinski definition) is 1. The van der Waals surface area contributed by atoms with Crippen LogP contribution in [0, 0.1) is 11.7 Å². The van der Waals surface area contributed by atoms with Crippen molar-refractivity contribution in [3.8, 4) is 22.5 Å². The molecule has 0 saturated heterocycles. The highest BCUT2D eigenvalue weighted by molar-refractivity contribution is 7.89. The third kappa shape index (κ3) is 5.48. The number of nitrogens with one attached hydrogen (secondary N) is 1. The molecule has 3 atom stereocenters. The third-order valence-electron chi connectivity index (χ3n) is 8.68. The van der Waals surface area contributed by atoms with Crippen molar-refractivity contribution in [2.45, 2.75) is 31.7 Å². The number of rotatable bonds is 6. The van der Waals surface area contributed by atoms with E-state index in [0.717, 1.165) is 23.8 Å². The van der Waals surface area contributed by atoms with Gasteiger partial charge in [-0.2, -0.15) is 5.10 Å². The van der Waals surface area contributed by atoms with Crippen LogP contribution in [0.15, 0.2) is 84.9 Å². The first-order valence-corrected chi connectivity index (χ1v) is 16.6. The van der Waals surface area contributed by atoms with Crippen LogP contribution >= 0.6 is 0 Å². The number of nitrogens with zero attached hydrogens (tertiary/aromatic N) is 4. The lowest BCUT2D eigenvalue weighted by Crippen LogP contribution is -2.39. The maximum Gasteiger partial charge on any atom is 0.273 e. The molecule has 0 unspecified atom stereocenters. The summed E-state index contributed by atoms with van der Waals surface area (Å²) in [4.78, 5) is 32.7. The van der Waals surface area contributed by atoms with Gasteiger partial charge in [-0.1, -0.05) is 60.7 Å². The molecule has 2 aromatic heterocycles. The van der Waals surface area contributed by atoms with Crippen LogP contribution in [0.25, 0.3) is 28.2 Å². The molecule has 3 heterocycles. The molecule has 1 aliphatic heterocycles. The first kappa shape index (κ1) is 28.8. The summed E-state index contributed by atoms with van der Waals surface area (Å²) in [5.41, 5.74) is 5.73. The van der Waals surface area contributed by atoms with Crippen molar-refractivity contribution in [2.75, 3.05) is 12.8 Å². The van der Waals surface area contributed by atoms with E-state index in [-0.39, 0.29) is 29.1 Å². The van der Waals surface area contributed by atoms with Crippen molar-refractivity contribution in [1.82, 2.24) is 24.2 Å². The molecule has 5 aromatic rings. The molecule has 11 heteroatoms. The maximum atomic E-state index is 15.6. The minimum absolute atomic E-state index is 0.114. The number of aromatic nitrogens is 3. The Kier molecular flexibility index (Phi) is 7.00. The summed E-state index contributed by atoms with van der Waals surface area (Å²) in [6, 6.07) is 25.7. The molecule has 0 bridgehead atoms. The van der Waals surface area contributed by atoms with Crippen LogP contribution in [0.4, 0.5) is 4.39 Å². The second-order valence-electron chi connectivity index (χ2n) is 11.7. The second kappa shape index (κ2) is 10.9. The fourth-order valence-corrected chi connectivity index (χ4v) is 6.82. The average Bonchev–Trinajstić information content (AvgIpc) is 3.72. The highest BCUT2D eigenvalue weighted by atomic mass is 32.2. The van der Waals surface area contributed by atoms with Crippen LogP contribution in [0.3, 0.4) is 0 Å². The van der Waals surface area contributed by atoms with Gasteiger partial charge in [0.1, 0.15) is 11.5 Å². The quantitative estimate of drug-likeness (QED) is 0.280. The Morgan fingerprint density at radius 2 is 1.73 bits per heavy atom. The minimum atomic E-state index is -3.67. The van der Waals surface area contributed by atoms with Gasteiger partial charge in [-0.25, -0.2) is 22.3 Å². The van der Waals surface area contributed by atoms with Crippen molar-refractivity contribution >= 4 is 27.5 Å². The van der Waals surface area contributed by atoms with Crippen LogP contribution in [-0.2, 0) is 21.2 Å². The summed E-state index contributed by atoms with van der Waals surface area (Å²) < 4.78 is 42.0. The van der Waals surface area contributed by atoms with Crippen molar-refractivity contribution in [1.29, 1.82) is 0 Å². The van der Waals surface area contributed by atoms with Gasteiger partial charge in [0, 0.05) is 29.7 Å². The Balaban J connectivity index is 1.23. The van der Waals surface area contributed by atoms with Gasteiger partial charge in [0.25, 0.3) is 5.91 Å². The zero-order valence-electron chi connectivity index (χ0n) is 24.6. The van der Waals surface area contributed by atoms with Gasteiger partial charge < -0.3 is 4.90 Å². The topological polar surface area (TPSA) is 114 Å². The molecule has 7 rings (SSSR count). The molecule has 2 amide bonds. The normalized spacial score (nSPS) is 19.3. The molecule has 9 nitrogen and oxygen atoms in total. The molecule has 1 aliphatic carbocycles. The van der Waals surface area contributed by atoms with Crippen LogP contribution in [0.1, 0.15) is 52.5 Å². The molecule has 0 spiro atoms. The predicted molar refractivity (Wildman–Crippen MR) is 167 cm³/mol. The van der Waals surface area contributed by atoms with E-state index in [1.807, 2.05) is 59.0 Å². The van der Waals surface area contributed by atoms with Crippen molar-refractivity contribution in [2.24, 2.45) is 5.92 Å². The van der Waals surface area contributed by atoms with E-state index >= 15 is 4.39 Å². The first-order valence-electron chi connectivity index (χ1n) is 14.7. The number of amides is 2. The molecular formula is C34H30FN5O4S. The monoisotopic (exact) mass is 623 g/mol. The zero-order chi connectivity index (χ0) is 31.5. The summed E-state index contributed by atoms with van der Waals surface area (Å²) in [5.74, 6) is -2.08. The number of carbonyl (C=O) groups excluding carboxylic acids is 2. The molecule has 3 aromatic carbocycles. The molecule has 0 radical (unpaired) electrons. The van der Waals surface area contributed by atoms with Crippen LogP contribution in [0.2, 0.25) is 0 Å². The van der Waals surface area contributed by atoms with Crippen LogP contribution in [0.5, 0.6) is 0 Å². The Morgan fingerprint density at radius 1 is 0.978 bits per heavy atom. The van der Waals surface area contributed by atoms with Crippen LogP contribution in [-0.4, -0.2) is 52.5 Å². The fraction of sp³-hybridized carbons (Fsp3) is 0.235. The van der Waals surface area contributed by atoms with E-state index in [1.165, 1.54) is 11.6 Å². The number of carbonyl (C=O) groups is 2. The van der Waals surface area contributed by atoms with Crippen molar-refractivity contribution in [3.63, 3.8) is 0 Å². The van der Waals surface area contributed by atoms with Gasteiger partial charge in [0.05, 0.1) is 23.7 Å². The maximum absolute atomic E-state index is 15.6. The summed E-state index contributed by atoms with van der Waals surface area (Å²) >= 11 is 0. The second-order valence-corrected chi connectivity index (χ2v) is 13.5. The van der Waals surface area contributed by atoms with Crippen molar-refractivity contribution < 1.29 is 22.4 Å². The van der Waals surface area contributed by atoms with E-state index in [2.05, 4.69) is 12.1 Å². The van der Waals surface area contributed by atoms with Gasteiger partial charge in [0.15, 0.2) is 5.65 Å². The zero-order valence-corrected chi connectivity index (χ0v) is 25.5. The standard InChI is InChI=1S/C34H30FN5O4S/c1-20-24-11-7-6-8-21(24)14-15-39(20)34(42)30-18-31(22-9-4-3-5-10-22)40-32(36-30)19-29(37-40)25-13-12-23(16-28(25)35)26-17-27(26)33(41)38-45(2,43)44/h3-13,16,18-20,26-27H,14-15,17H2,1-2H3,(H,38,41)/t20-,26-,27+/m1/s1. The predicted octanol–water partition coefficient (Wildman–Crippen LogP) is 5.14. The van der Waals surface area contributed by atoms with Gasteiger partial charge in [0.2, 0.25) is 15.9 Å². The molecule has 45 heavy (non-hydrogen) atoms. The average molecular weight is 624 g/mol. The van der Waals surface area contributed by atoms with E-state index < -0.39 is 27.7 Å². The molecule has 2 aliphatic rings. The van der Waals surface area contributed by atoms with Gasteiger partial charge in [-0.3, -0.25) is 14.3 Å². The smallest absolute Gasteiger partial charge is 0.273 e. The van der Waals surface area contributed by atoms with E-state index in [0.29, 0.717) is 35.6 Å². The summed E-state index contributed by atoms with van der Waals surface area (Å²) in [6.45, 7) is 2.60. The summed E-state index contributed by atoms with van der Waals surface area (Å²) in [7, 11) is -3.67. The number of benzene rings is 3. The molecular weight excluding hydrogens is 593 g/mol. The van der Waals surface area contributed by atoms with Crippen LogP contribution < -0.4 is 4.72 Å². The van der Waals surface area contributed by atoms with E-state index in [9.17, 15) is 18.0 Å². The molecule has 1 fully saturated rings. The number of hydrogen-bond acceptors (Lipinski definition) is 6. The molecule has 228 valence electrons. The van der Waals surface area contributed by atoms with Gasteiger partial charge in [-0.05, 0) is 60.6 Å². The molecule has 1 N–H and O–H groups in total.